The predicted octanol–water partition coefficient (Wildman–Crippen LogP) is 3.24. The number of hydrogen-bond acceptors (Lipinski definition) is 0. The Labute approximate surface area is 61.2 Å². The van der Waals surface area contributed by atoms with Gasteiger partial charge in [0.15, 0.2) is 0 Å². The summed E-state index contributed by atoms with van der Waals surface area (Å²) in [5, 5.41) is 0.992. The average molecular weight is 143 g/mol. The normalized spacial score (nSPS) is 20.2. The van der Waals surface area contributed by atoms with Crippen molar-refractivity contribution < 1.29 is 0 Å². The van der Waals surface area contributed by atoms with Crippen molar-refractivity contribution in [2.75, 3.05) is 0 Å². The van der Waals surface area contributed by atoms with Gasteiger partial charge in [-0.15, -0.1) is 0 Å². The summed E-state index contributed by atoms with van der Waals surface area (Å²) in [4.78, 5) is 0. The molecule has 0 saturated heterocycles. The van der Waals surface area contributed by atoms with Crippen LogP contribution in [0.25, 0.3) is 0 Å². The third-order valence-corrected chi connectivity index (χ3v) is 1.85. The maximum Gasteiger partial charge on any atom is 0.0181 e. The molecule has 0 N–H and O–H groups in total. The Morgan fingerprint density at radius 3 is 2.89 bits per heavy atom. The van der Waals surface area contributed by atoms with Gasteiger partial charge in [0.2, 0.25) is 0 Å². The molecule has 0 bridgehead atoms. The molecule has 0 nitrogen and oxygen atoms in total. The second kappa shape index (κ2) is 3.07. The second-order valence-corrected chi connectivity index (χ2v) is 2.97. The van der Waals surface area contributed by atoms with E-state index in [-0.39, 0.29) is 0 Å². The molecule has 0 amide bonds. The van der Waals surface area contributed by atoms with Gasteiger partial charge >= 0.3 is 0 Å². The fourth-order valence-electron chi connectivity index (χ4n) is 0.935. The molecule has 1 aliphatic rings. The molecule has 0 unspecified atom stereocenters. The molecule has 0 saturated carbocycles. The van der Waals surface area contributed by atoms with Gasteiger partial charge in [-0.3, -0.25) is 0 Å². The van der Waals surface area contributed by atoms with E-state index in [0.29, 0.717) is 0 Å². The Kier molecular flexibility index (Phi) is 2.35. The topological polar surface area (TPSA) is 0 Å². The molecule has 0 atom stereocenters. The molecule has 0 aromatic carbocycles. The molecular weight excluding hydrogens is 132 g/mol. The van der Waals surface area contributed by atoms with Gasteiger partial charge in [-0.1, -0.05) is 23.3 Å². The smallest absolute Gasteiger partial charge is 0.0181 e. The molecule has 0 aromatic heterocycles. The summed E-state index contributed by atoms with van der Waals surface area (Å²) >= 11 is 5.80. The van der Waals surface area contributed by atoms with Crippen LogP contribution in [-0.4, -0.2) is 0 Å². The van der Waals surface area contributed by atoms with Crippen LogP contribution in [0.3, 0.4) is 0 Å². The van der Waals surface area contributed by atoms with Gasteiger partial charge in [0.05, 0.1) is 0 Å². The van der Waals surface area contributed by atoms with Gasteiger partial charge in [-0.2, -0.15) is 0 Å². The van der Waals surface area contributed by atoms with Crippen molar-refractivity contribution in [3.63, 3.8) is 0 Å². The summed E-state index contributed by atoms with van der Waals surface area (Å²) in [5.41, 5.74) is 1.44. The zero-order valence-corrected chi connectivity index (χ0v) is 6.41. The summed E-state index contributed by atoms with van der Waals surface area (Å²) in [5.74, 6) is 0. The molecule has 0 aromatic rings. The lowest BCUT2D eigenvalue weighted by atomic mass is 10.1. The highest BCUT2D eigenvalue weighted by Crippen LogP contribution is 2.19. The van der Waals surface area contributed by atoms with Crippen molar-refractivity contribution in [1.29, 1.82) is 0 Å². The third kappa shape index (κ3) is 2.23. The highest BCUT2D eigenvalue weighted by Gasteiger charge is 1.97. The summed E-state index contributed by atoms with van der Waals surface area (Å²) < 4.78 is 0. The highest BCUT2D eigenvalue weighted by atomic mass is 35.5. The number of halogens is 1. The number of allylic oxidation sites excluding steroid dienone is 4. The monoisotopic (exact) mass is 142 g/mol. The molecule has 0 spiro atoms. The molecule has 0 heterocycles. The minimum absolute atomic E-state index is 0.992. The van der Waals surface area contributed by atoms with Gasteiger partial charge in [0.25, 0.3) is 0 Å². The van der Waals surface area contributed by atoms with Crippen molar-refractivity contribution in [1.82, 2.24) is 0 Å². The lowest BCUT2D eigenvalue weighted by Crippen LogP contribution is -1.73. The van der Waals surface area contributed by atoms with Crippen molar-refractivity contribution in [2.24, 2.45) is 0 Å². The zero-order valence-electron chi connectivity index (χ0n) is 5.65. The summed E-state index contributed by atoms with van der Waals surface area (Å²) in [6.45, 7) is 2.14. The first-order valence-corrected chi connectivity index (χ1v) is 3.68. The Bertz CT molecular complexity index is 136. The average Bonchev–Trinajstić information content (AvgIpc) is 1.97. The fraction of sp³-hybridized carbons (Fsp3) is 0.500. The van der Waals surface area contributed by atoms with Crippen LogP contribution in [0.15, 0.2) is 22.8 Å². The summed E-state index contributed by atoms with van der Waals surface area (Å²) in [7, 11) is 0. The molecule has 9 heavy (non-hydrogen) atoms. The molecule has 1 heteroatoms. The first kappa shape index (κ1) is 6.88. The molecule has 0 aliphatic heterocycles. The highest BCUT2D eigenvalue weighted by molar-refractivity contribution is 6.29. The van der Waals surface area contributed by atoms with Crippen LogP contribution in [0.4, 0.5) is 0 Å². The fourth-order valence-corrected chi connectivity index (χ4v) is 1.13. The van der Waals surface area contributed by atoms with E-state index in [0.717, 1.165) is 11.5 Å². The van der Waals surface area contributed by atoms with Crippen molar-refractivity contribution in [2.45, 2.75) is 26.2 Å². The lowest BCUT2D eigenvalue weighted by molar-refractivity contribution is 0.834. The van der Waals surface area contributed by atoms with Crippen molar-refractivity contribution >= 4 is 11.6 Å². The minimum atomic E-state index is 0.992. The van der Waals surface area contributed by atoms with E-state index >= 15 is 0 Å². The van der Waals surface area contributed by atoms with Crippen LogP contribution >= 0.6 is 11.6 Å². The molecule has 1 rings (SSSR count). The van der Waals surface area contributed by atoms with E-state index < -0.39 is 0 Å². The quantitative estimate of drug-likeness (QED) is 0.487. The SMILES string of the molecule is CC1=CC=C(Cl)CCC1. The van der Waals surface area contributed by atoms with Crippen LogP contribution in [-0.2, 0) is 0 Å². The Hall–Kier alpha value is -0.230. The van der Waals surface area contributed by atoms with Crippen LogP contribution in [0.5, 0.6) is 0 Å². The number of hydrogen-bond donors (Lipinski definition) is 0. The molecule has 0 radical (unpaired) electrons. The molecule has 1 aliphatic carbocycles. The maximum absolute atomic E-state index is 5.80. The van der Waals surface area contributed by atoms with Gasteiger partial charge < -0.3 is 0 Å². The van der Waals surface area contributed by atoms with E-state index in [1.165, 1.54) is 18.4 Å². The second-order valence-electron chi connectivity index (χ2n) is 2.48. The Morgan fingerprint density at radius 2 is 2.11 bits per heavy atom. The minimum Gasteiger partial charge on any atom is -0.0892 e. The summed E-state index contributed by atoms with van der Waals surface area (Å²) in [6, 6.07) is 0. The van der Waals surface area contributed by atoms with Gasteiger partial charge in [-0.25, -0.2) is 0 Å². The summed E-state index contributed by atoms with van der Waals surface area (Å²) in [6.07, 6.45) is 7.57. The van der Waals surface area contributed by atoms with Crippen LogP contribution in [0.2, 0.25) is 0 Å². The van der Waals surface area contributed by atoms with Gasteiger partial charge in [0, 0.05) is 5.03 Å². The van der Waals surface area contributed by atoms with E-state index in [9.17, 15) is 0 Å². The first-order valence-electron chi connectivity index (χ1n) is 3.31. The molecular formula is C8H11Cl. The van der Waals surface area contributed by atoms with Crippen LogP contribution in [0.1, 0.15) is 26.2 Å². The Morgan fingerprint density at radius 1 is 1.33 bits per heavy atom. The van der Waals surface area contributed by atoms with Crippen molar-refractivity contribution in [3.8, 4) is 0 Å². The maximum atomic E-state index is 5.80. The molecule has 50 valence electrons. The van der Waals surface area contributed by atoms with Crippen LogP contribution in [0, 0.1) is 0 Å². The third-order valence-electron chi connectivity index (χ3n) is 1.54. The lowest BCUT2D eigenvalue weighted by Gasteiger charge is -1.93. The van der Waals surface area contributed by atoms with E-state index in [1.54, 1.807) is 0 Å². The Balaban J connectivity index is 2.63. The van der Waals surface area contributed by atoms with E-state index in [1.807, 2.05) is 6.08 Å². The zero-order chi connectivity index (χ0) is 6.69. The largest absolute Gasteiger partial charge is 0.0892 e. The first-order chi connectivity index (χ1) is 4.29. The van der Waals surface area contributed by atoms with E-state index in [2.05, 4.69) is 13.0 Å². The molecule has 0 fully saturated rings. The van der Waals surface area contributed by atoms with Crippen LogP contribution < -0.4 is 0 Å². The van der Waals surface area contributed by atoms with Crippen molar-refractivity contribution in [3.05, 3.63) is 22.8 Å². The standard InChI is InChI=1S/C8H11Cl/c1-7-3-2-4-8(9)6-5-7/h5-6H,2-4H2,1H3. The van der Waals surface area contributed by atoms with E-state index in [4.69, 9.17) is 11.6 Å². The predicted molar refractivity (Wildman–Crippen MR) is 41.5 cm³/mol. The van der Waals surface area contributed by atoms with Gasteiger partial charge in [-0.05, 0) is 32.3 Å². The van der Waals surface area contributed by atoms with Gasteiger partial charge in [0.1, 0.15) is 0 Å². The number of rotatable bonds is 0.